The topological polar surface area (TPSA) is 138 Å². The molecule has 0 bridgehead atoms. The van der Waals surface area contributed by atoms with E-state index >= 15 is 0 Å². The summed E-state index contributed by atoms with van der Waals surface area (Å²) in [6.45, 7) is 3.05. The normalized spacial score (nSPS) is 13.5. The Bertz CT molecular complexity index is 1200. The van der Waals surface area contributed by atoms with Crippen LogP contribution in [0.5, 0.6) is 11.6 Å². The number of carbonyl (C=O) groups excluding carboxylic acids is 1. The van der Waals surface area contributed by atoms with E-state index in [0.29, 0.717) is 11.3 Å². The molecule has 0 radical (unpaired) electrons. The molecular weight excluding hydrogens is 477 g/mol. The van der Waals surface area contributed by atoms with Crippen LogP contribution < -0.4 is 14.3 Å². The van der Waals surface area contributed by atoms with Gasteiger partial charge in [0.05, 0.1) is 11.4 Å². The number of nitrogens with zero attached hydrogens (tertiary/aromatic N) is 2. The smallest absolute Gasteiger partial charge is 0.480 e. The summed E-state index contributed by atoms with van der Waals surface area (Å²) in [7, 11) is -2.30. The minimum absolute atomic E-state index is 0.0817. The van der Waals surface area contributed by atoms with Gasteiger partial charge in [-0.3, -0.25) is 9.36 Å². The number of methoxy groups -OCH3 is 1. The van der Waals surface area contributed by atoms with Crippen molar-refractivity contribution in [3.8, 4) is 17.3 Å². The first-order valence-corrected chi connectivity index (χ1v) is 12.3. The van der Waals surface area contributed by atoms with Crippen molar-refractivity contribution in [2.45, 2.75) is 26.5 Å². The highest BCUT2D eigenvalue weighted by Crippen LogP contribution is 2.43. The van der Waals surface area contributed by atoms with Crippen molar-refractivity contribution >= 4 is 19.6 Å². The highest BCUT2D eigenvalue weighted by atomic mass is 31.2. The van der Waals surface area contributed by atoms with Crippen LogP contribution in [0.25, 0.3) is 5.69 Å². The fourth-order valence-electron chi connectivity index (χ4n) is 2.99. The zero-order valence-corrected chi connectivity index (χ0v) is 20.3. The maximum Gasteiger partial charge on any atom is 0.515 e. The first-order valence-electron chi connectivity index (χ1n) is 10.5. The van der Waals surface area contributed by atoms with Gasteiger partial charge >= 0.3 is 19.6 Å². The average molecular weight is 503 g/mol. The van der Waals surface area contributed by atoms with E-state index in [4.69, 9.17) is 23.8 Å². The largest absolute Gasteiger partial charge is 0.515 e. The Morgan fingerprint density at radius 1 is 1.14 bits per heavy atom. The molecule has 12 heteroatoms. The second-order valence-corrected chi connectivity index (χ2v) is 9.57. The average Bonchev–Trinajstić information content (AvgIpc) is 3.19. The lowest BCUT2D eigenvalue weighted by Gasteiger charge is -2.22. The molecule has 2 unspecified atom stereocenters. The Morgan fingerprint density at radius 2 is 1.83 bits per heavy atom. The van der Waals surface area contributed by atoms with Gasteiger partial charge in [0.15, 0.2) is 0 Å². The van der Waals surface area contributed by atoms with E-state index in [1.165, 1.54) is 30.8 Å². The van der Waals surface area contributed by atoms with Crippen LogP contribution in [0.1, 0.15) is 18.2 Å². The number of aromatic nitrogens is 2. The van der Waals surface area contributed by atoms with Gasteiger partial charge in [0, 0.05) is 13.2 Å². The molecule has 3 aromatic rings. The van der Waals surface area contributed by atoms with Crippen LogP contribution in [0.3, 0.4) is 0 Å². The fourth-order valence-corrected chi connectivity index (χ4v) is 4.67. The molecule has 2 atom stereocenters. The molecule has 0 saturated heterocycles. The molecule has 0 saturated carbocycles. The number of aryl methyl sites for hydroxylation is 1. The van der Waals surface area contributed by atoms with E-state index in [9.17, 15) is 14.2 Å². The lowest BCUT2D eigenvalue weighted by Crippen LogP contribution is -2.33. The Labute approximate surface area is 202 Å². The molecule has 0 fully saturated rings. The van der Waals surface area contributed by atoms with Gasteiger partial charge in [-0.2, -0.15) is 5.10 Å². The van der Waals surface area contributed by atoms with Crippen LogP contribution in [0, 0.1) is 6.92 Å². The van der Waals surface area contributed by atoms with Gasteiger partial charge < -0.3 is 23.8 Å². The summed E-state index contributed by atoms with van der Waals surface area (Å²) in [6.07, 6.45) is -1.22. The number of nitrogens with one attached hydrogen (secondary N) is 1. The molecule has 2 aromatic carbocycles. The van der Waals surface area contributed by atoms with E-state index < -0.39 is 25.7 Å². The highest BCUT2D eigenvalue weighted by molar-refractivity contribution is 7.57. The number of hydrogen-bond acceptors (Lipinski definition) is 8. The van der Waals surface area contributed by atoms with Crippen LogP contribution >= 0.6 is 7.52 Å². The van der Waals surface area contributed by atoms with E-state index in [0.717, 1.165) is 5.69 Å². The Balaban J connectivity index is 1.58. The Kier molecular flexibility index (Phi) is 8.64. The number of carbonyl (C=O) groups is 2. The van der Waals surface area contributed by atoms with Crippen molar-refractivity contribution in [3.63, 3.8) is 0 Å². The van der Waals surface area contributed by atoms with Crippen molar-refractivity contribution in [1.29, 1.82) is 0 Å². The third kappa shape index (κ3) is 7.41. The molecule has 3 rings (SSSR count). The fraction of sp³-hybridized carbons (Fsp3) is 0.261. The molecule has 0 spiro atoms. The molecule has 1 aromatic heterocycles. The van der Waals surface area contributed by atoms with Gasteiger partial charge in [-0.25, -0.2) is 14.6 Å². The molecule has 35 heavy (non-hydrogen) atoms. The van der Waals surface area contributed by atoms with Gasteiger partial charge in [0.25, 0.3) is 0 Å². The second-order valence-electron chi connectivity index (χ2n) is 7.53. The van der Waals surface area contributed by atoms with Gasteiger partial charge in [-0.05, 0) is 43.7 Å². The SMILES string of the molecule is COCP(=O)(NC(C)C(=O)O)Oc1ccc(COC(=O)Oc2cc(C)nn2-c2ccccc2)cc1. The van der Waals surface area contributed by atoms with Crippen LogP contribution in [0.4, 0.5) is 4.79 Å². The molecular formula is C23H26N3O8P. The standard InChI is InChI=1S/C23H26N3O8P/c1-16-13-21(26(24-16)19-7-5-4-6-8-19)33-23(29)32-14-18-9-11-20(12-10-18)34-35(30,15-31-3)25-17(2)22(27)28/h4-13,17H,14-15H2,1-3H3,(H,25,30)(H,27,28). The number of hydrogen-bond donors (Lipinski definition) is 2. The number of carboxylic acids is 1. The van der Waals surface area contributed by atoms with Crippen molar-refractivity contribution < 1.29 is 38.0 Å². The quantitative estimate of drug-likeness (QED) is 0.290. The molecule has 0 aliphatic heterocycles. The first-order chi connectivity index (χ1) is 16.7. The predicted molar refractivity (Wildman–Crippen MR) is 126 cm³/mol. The van der Waals surface area contributed by atoms with Crippen molar-refractivity contribution in [3.05, 3.63) is 71.9 Å². The summed E-state index contributed by atoms with van der Waals surface area (Å²) in [4.78, 5) is 23.3. The molecule has 1 heterocycles. The molecule has 186 valence electrons. The summed E-state index contributed by atoms with van der Waals surface area (Å²) in [6, 6.07) is 16.0. The van der Waals surface area contributed by atoms with Crippen molar-refractivity contribution in [2.24, 2.45) is 0 Å². The molecule has 0 aliphatic rings. The van der Waals surface area contributed by atoms with Crippen LogP contribution in [0.15, 0.2) is 60.7 Å². The van der Waals surface area contributed by atoms with E-state index in [1.807, 2.05) is 30.3 Å². The number of ether oxygens (including phenoxy) is 3. The maximum absolute atomic E-state index is 12.9. The third-order valence-corrected chi connectivity index (χ3v) is 6.46. The number of benzene rings is 2. The second kappa shape index (κ2) is 11.7. The Morgan fingerprint density at radius 3 is 2.46 bits per heavy atom. The van der Waals surface area contributed by atoms with Crippen molar-refractivity contribution in [1.82, 2.24) is 14.9 Å². The number of carboxylic acid groups (broad SMARTS) is 1. The van der Waals surface area contributed by atoms with Crippen LogP contribution in [-0.4, -0.2) is 46.5 Å². The Hall–Kier alpha value is -3.66. The zero-order valence-electron chi connectivity index (χ0n) is 19.4. The summed E-state index contributed by atoms with van der Waals surface area (Å²) in [5.41, 5.74) is 2.03. The zero-order chi connectivity index (χ0) is 25.4. The minimum Gasteiger partial charge on any atom is -0.480 e. The van der Waals surface area contributed by atoms with Gasteiger partial charge in [-0.1, -0.05) is 30.3 Å². The summed E-state index contributed by atoms with van der Waals surface area (Å²) < 4.78 is 35.3. The summed E-state index contributed by atoms with van der Waals surface area (Å²) in [5, 5.41) is 15.8. The molecule has 0 amide bonds. The maximum atomic E-state index is 12.9. The van der Waals surface area contributed by atoms with Crippen LogP contribution in [0.2, 0.25) is 0 Å². The van der Waals surface area contributed by atoms with Gasteiger partial charge in [0.1, 0.15) is 24.7 Å². The molecule has 0 aliphatic carbocycles. The summed E-state index contributed by atoms with van der Waals surface area (Å²) in [5.74, 6) is -0.727. The lowest BCUT2D eigenvalue weighted by atomic mass is 10.2. The van der Waals surface area contributed by atoms with Crippen LogP contribution in [-0.2, 0) is 25.4 Å². The monoisotopic (exact) mass is 503 g/mol. The third-order valence-electron chi connectivity index (χ3n) is 4.58. The summed E-state index contributed by atoms with van der Waals surface area (Å²) >= 11 is 0. The lowest BCUT2D eigenvalue weighted by molar-refractivity contribution is -0.138. The first kappa shape index (κ1) is 26.0. The predicted octanol–water partition coefficient (Wildman–Crippen LogP) is 4.13. The number of para-hydroxylation sites is 1. The van der Waals surface area contributed by atoms with Gasteiger partial charge in [-0.15, -0.1) is 0 Å². The highest BCUT2D eigenvalue weighted by Gasteiger charge is 2.29. The number of aliphatic carboxylic acids is 1. The van der Waals surface area contributed by atoms with Gasteiger partial charge in [0.2, 0.25) is 5.88 Å². The van der Waals surface area contributed by atoms with E-state index in [-0.39, 0.29) is 24.6 Å². The van der Waals surface area contributed by atoms with Crippen molar-refractivity contribution in [2.75, 3.05) is 13.5 Å². The minimum atomic E-state index is -3.63. The number of rotatable bonds is 11. The van der Waals surface area contributed by atoms with E-state index in [1.54, 1.807) is 25.1 Å². The van der Waals surface area contributed by atoms with E-state index in [2.05, 4.69) is 10.2 Å². The molecule has 11 nitrogen and oxygen atoms in total. The molecule has 2 N–H and O–H groups in total.